The molecule has 0 aliphatic rings. The van der Waals surface area contributed by atoms with E-state index in [0.29, 0.717) is 26.2 Å². The van der Waals surface area contributed by atoms with Crippen LogP contribution in [0.5, 0.6) is 0 Å². The van der Waals surface area contributed by atoms with Gasteiger partial charge in [0.2, 0.25) is 0 Å². The summed E-state index contributed by atoms with van der Waals surface area (Å²) in [5.41, 5.74) is 19.6. The molecule has 19 heavy (non-hydrogen) atoms. The van der Waals surface area contributed by atoms with Crippen LogP contribution in [0.25, 0.3) is 0 Å². The van der Waals surface area contributed by atoms with Crippen molar-refractivity contribution in [1.29, 1.82) is 0 Å². The number of rotatable bonds is 2. The van der Waals surface area contributed by atoms with Gasteiger partial charge in [-0.25, -0.2) is 0 Å². The summed E-state index contributed by atoms with van der Waals surface area (Å²) in [7, 11) is 0. The maximum absolute atomic E-state index is 8.25. The topological polar surface area (TPSA) is 275 Å². The molecule has 0 aromatic heterocycles. The van der Waals surface area contributed by atoms with Gasteiger partial charge in [0.05, 0.1) is 5.09 Å². The van der Waals surface area contributed by atoms with Gasteiger partial charge in [-0.05, 0) is 0 Å². The van der Waals surface area contributed by atoms with E-state index in [1.165, 1.54) is 0 Å². The molecular formula is C4H16CoN7O7. The van der Waals surface area contributed by atoms with Crippen molar-refractivity contribution in [3.8, 4) is 0 Å². The molecule has 8 N–H and O–H groups in total. The van der Waals surface area contributed by atoms with Crippen LogP contribution in [0.15, 0.2) is 10.7 Å². The Balaban J connectivity index is -0.0000000276. The summed E-state index contributed by atoms with van der Waals surface area (Å²) in [6.45, 7) is 2.39. The van der Waals surface area contributed by atoms with Crippen LogP contribution >= 0.6 is 0 Å². The molecule has 0 bridgehead atoms. The second-order valence-electron chi connectivity index (χ2n) is 1.53. The maximum Gasteiger partial charge on any atom is 3.00 e. The van der Waals surface area contributed by atoms with Crippen molar-refractivity contribution in [2.75, 3.05) is 26.2 Å². The minimum atomic E-state index is -1.75. The first-order valence-corrected chi connectivity index (χ1v) is 3.91. The van der Waals surface area contributed by atoms with Crippen molar-refractivity contribution >= 4 is 0 Å². The Labute approximate surface area is 118 Å². The third-order valence-electron chi connectivity index (χ3n) is 0.333. The molecule has 0 atom stereocenters. The average Bonchev–Trinajstić information content (AvgIpc) is 2.30. The maximum atomic E-state index is 8.25. The van der Waals surface area contributed by atoms with Gasteiger partial charge in [-0.2, -0.15) is 0 Å². The molecule has 0 unspecified atom stereocenters. The van der Waals surface area contributed by atoms with Crippen LogP contribution in [0.1, 0.15) is 0 Å². The van der Waals surface area contributed by atoms with Crippen molar-refractivity contribution in [3.63, 3.8) is 0 Å². The van der Waals surface area contributed by atoms with E-state index in [2.05, 4.69) is 0 Å². The molecule has 0 aliphatic carbocycles. The number of nitrogens with zero attached hydrogens (tertiary/aromatic N) is 3. The Kier molecular flexibility index (Phi) is 135. The summed E-state index contributed by atoms with van der Waals surface area (Å²) in [6, 6.07) is 0. The van der Waals surface area contributed by atoms with Crippen molar-refractivity contribution < 1.29 is 21.9 Å². The smallest absolute Gasteiger partial charge is 0.444 e. The minimum Gasteiger partial charge on any atom is -0.444 e. The fourth-order valence-electron chi connectivity index (χ4n) is 0. The second-order valence-corrected chi connectivity index (χ2v) is 1.53. The molecule has 14 nitrogen and oxygen atoms in total. The van der Waals surface area contributed by atoms with Crippen LogP contribution in [0, 0.1) is 35.6 Å². The fraction of sp³-hybridized carbons (Fsp3) is 1.00. The van der Waals surface area contributed by atoms with Crippen LogP contribution in [-0.2, 0) is 16.8 Å². The monoisotopic (exact) mass is 333 g/mol. The van der Waals surface area contributed by atoms with Crippen molar-refractivity contribution in [2.24, 2.45) is 33.6 Å². The third-order valence-corrected chi connectivity index (χ3v) is 0.333. The molecule has 0 saturated heterocycles. The summed E-state index contributed by atoms with van der Waals surface area (Å²) >= 11 is 0. The van der Waals surface area contributed by atoms with E-state index in [1.807, 2.05) is 0 Å². The van der Waals surface area contributed by atoms with Gasteiger partial charge < -0.3 is 58.5 Å². The first-order chi connectivity index (χ1) is 8.39. The second kappa shape index (κ2) is 71.3. The molecule has 0 rings (SSSR count). The molecule has 0 saturated carbocycles. The van der Waals surface area contributed by atoms with Crippen LogP contribution in [0.4, 0.5) is 0 Å². The van der Waals surface area contributed by atoms with Crippen LogP contribution in [0.3, 0.4) is 0 Å². The molecule has 118 valence electrons. The number of nitrogens with two attached hydrogens (primary N) is 4. The van der Waals surface area contributed by atoms with Gasteiger partial charge in [-0.1, -0.05) is 0 Å². The normalized spacial score (nSPS) is 5.68. The number of hydrogen-bond donors (Lipinski definition) is 4. The van der Waals surface area contributed by atoms with Gasteiger partial charge in [0, 0.05) is 26.2 Å². The Hall–Kier alpha value is -1.65. The standard InChI is InChI=1S/2C2H8N2.Co.NO3.2HNO2/c2*3-1-2-4;;2-1(3)4;2*2-1-3/h2*1-4H2;;;2*(H,2,3)/q;;+3;-1;;/p-2. The van der Waals surface area contributed by atoms with E-state index < -0.39 is 5.09 Å². The molecular weight excluding hydrogens is 317 g/mol. The van der Waals surface area contributed by atoms with E-state index in [-0.39, 0.29) is 16.8 Å². The van der Waals surface area contributed by atoms with Gasteiger partial charge in [-0.3, -0.25) is 0 Å². The van der Waals surface area contributed by atoms with Crippen molar-refractivity contribution in [3.05, 3.63) is 35.6 Å². The van der Waals surface area contributed by atoms with Crippen molar-refractivity contribution in [1.82, 2.24) is 0 Å². The summed E-state index contributed by atoms with van der Waals surface area (Å²) in [5.74, 6) is 0. The fourth-order valence-corrected chi connectivity index (χ4v) is 0. The molecule has 0 aliphatic heterocycles. The zero-order valence-corrected chi connectivity index (χ0v) is 10.7. The molecule has 0 spiro atoms. The average molecular weight is 333 g/mol. The van der Waals surface area contributed by atoms with Crippen LogP contribution < -0.4 is 22.9 Å². The summed E-state index contributed by atoms with van der Waals surface area (Å²) in [6.07, 6.45) is 0. The quantitative estimate of drug-likeness (QED) is 0.245. The molecule has 0 radical (unpaired) electrons. The molecule has 0 aromatic carbocycles. The Morgan fingerprint density at radius 2 is 0.842 bits per heavy atom. The van der Waals surface area contributed by atoms with Gasteiger partial charge in [-0.15, -0.1) is 10.7 Å². The summed E-state index contributed by atoms with van der Waals surface area (Å²) < 4.78 is 0. The van der Waals surface area contributed by atoms with E-state index in [1.54, 1.807) is 0 Å². The summed E-state index contributed by atoms with van der Waals surface area (Å²) in [4.78, 5) is 24.2. The van der Waals surface area contributed by atoms with Crippen LogP contribution in [-0.4, -0.2) is 31.3 Å². The largest absolute Gasteiger partial charge is 3.00 e. The van der Waals surface area contributed by atoms with Crippen LogP contribution in [0.2, 0.25) is 0 Å². The van der Waals surface area contributed by atoms with E-state index >= 15 is 0 Å². The first-order valence-electron chi connectivity index (χ1n) is 3.91. The van der Waals surface area contributed by atoms with E-state index in [0.717, 1.165) is 10.7 Å². The predicted octanol–water partition coefficient (Wildman–Crippen LogP) is -1.93. The zero-order valence-electron chi connectivity index (χ0n) is 9.67. The van der Waals surface area contributed by atoms with Gasteiger partial charge >= 0.3 is 16.8 Å². The van der Waals surface area contributed by atoms with Gasteiger partial charge in [0.1, 0.15) is 0 Å². The summed E-state index contributed by atoms with van der Waals surface area (Å²) in [5, 5.41) is 32.8. The first kappa shape index (κ1) is 36.0. The van der Waals surface area contributed by atoms with E-state index in [4.69, 9.17) is 58.5 Å². The van der Waals surface area contributed by atoms with Gasteiger partial charge in [0.25, 0.3) is 0 Å². The molecule has 0 aromatic rings. The molecule has 0 amide bonds. The predicted molar refractivity (Wildman–Crippen MR) is 64.9 cm³/mol. The third kappa shape index (κ3) is 28000. The Morgan fingerprint density at radius 3 is 0.842 bits per heavy atom. The minimum absolute atomic E-state index is 0. The molecule has 0 heterocycles. The van der Waals surface area contributed by atoms with Gasteiger partial charge in [0.15, 0.2) is 0 Å². The molecule has 15 heteroatoms. The zero-order chi connectivity index (χ0) is 15.8. The SMILES string of the molecule is NCCN.NCCN.O=N[O-].O=N[O-].O=[N+]([O-])[O-].[Co+3]. The number of hydrogen-bond acceptors (Lipinski definition) is 13. The Morgan fingerprint density at radius 1 is 0.789 bits per heavy atom. The molecule has 0 fully saturated rings. The Bertz CT molecular complexity index is 135. The van der Waals surface area contributed by atoms with E-state index in [9.17, 15) is 0 Å². The van der Waals surface area contributed by atoms with Crippen molar-refractivity contribution in [2.45, 2.75) is 0 Å².